The van der Waals surface area contributed by atoms with Crippen LogP contribution < -0.4 is 4.90 Å². The highest BCUT2D eigenvalue weighted by Crippen LogP contribution is 2.43. The minimum Gasteiger partial charge on any atom is -0.370 e. The van der Waals surface area contributed by atoms with Crippen LogP contribution in [0.3, 0.4) is 0 Å². The van der Waals surface area contributed by atoms with Crippen molar-refractivity contribution in [2.45, 2.75) is 91.8 Å². The van der Waals surface area contributed by atoms with E-state index in [1.54, 1.807) is 17.7 Å². The van der Waals surface area contributed by atoms with E-state index in [0.29, 0.717) is 12.5 Å². The Morgan fingerprint density at radius 3 is 2.45 bits per heavy atom. The lowest BCUT2D eigenvalue weighted by Crippen LogP contribution is -2.33. The lowest BCUT2D eigenvalue weighted by atomic mass is 9.87. The van der Waals surface area contributed by atoms with Crippen LogP contribution in [0.2, 0.25) is 0 Å². The van der Waals surface area contributed by atoms with Crippen molar-refractivity contribution in [2.24, 2.45) is 0 Å². The molecule has 0 aromatic carbocycles. The molecule has 0 spiro atoms. The van der Waals surface area contributed by atoms with E-state index in [2.05, 4.69) is 46.4 Å². The quantitative estimate of drug-likeness (QED) is 0.394. The molecule has 0 saturated heterocycles. The number of aromatic nitrogens is 3. The molecule has 1 aliphatic rings. The molecule has 3 aromatic rings. The molecule has 4 heterocycles. The predicted octanol–water partition coefficient (Wildman–Crippen LogP) is 6.62. The smallest absolute Gasteiger partial charge is 0.150 e. The summed E-state index contributed by atoms with van der Waals surface area (Å²) in [6.07, 6.45) is 7.37. The maximum Gasteiger partial charge on any atom is 0.150 e. The van der Waals surface area contributed by atoms with Gasteiger partial charge in [-0.2, -0.15) is 0 Å². The van der Waals surface area contributed by atoms with Crippen molar-refractivity contribution in [1.82, 2.24) is 15.0 Å². The van der Waals surface area contributed by atoms with Gasteiger partial charge in [-0.05, 0) is 38.2 Å². The highest BCUT2D eigenvalue weighted by atomic mass is 32.1. The molecule has 0 amide bonds. The van der Waals surface area contributed by atoms with Crippen LogP contribution in [0.25, 0.3) is 20.4 Å². The van der Waals surface area contributed by atoms with Crippen LogP contribution in [-0.4, -0.2) is 33.6 Å². The standard InChI is InChI=1S/C25H36N4OS/c1-7-9-11-29(12-10-8-2)23-22-21(26-15-27-23)19-17-13-25(5,6)30-14-18(17)20(16(3)4)28-24(19)31-22/h15-16H,7-14H2,1-6H3. The maximum absolute atomic E-state index is 6.19. The third kappa shape index (κ3) is 4.29. The van der Waals surface area contributed by atoms with Crippen molar-refractivity contribution in [1.29, 1.82) is 0 Å². The number of thiophene rings is 1. The SMILES string of the molecule is CCCCN(CCCC)c1ncnc2c1sc1nc(C(C)C)c3c(c12)CC(C)(C)OC3. The van der Waals surface area contributed by atoms with E-state index in [9.17, 15) is 0 Å². The highest BCUT2D eigenvalue weighted by Gasteiger charge is 2.32. The summed E-state index contributed by atoms with van der Waals surface area (Å²) in [6.45, 7) is 16.0. The summed E-state index contributed by atoms with van der Waals surface area (Å²) in [5, 5.41) is 1.23. The van der Waals surface area contributed by atoms with Crippen molar-refractivity contribution in [3.63, 3.8) is 0 Å². The van der Waals surface area contributed by atoms with Crippen LogP contribution in [0.1, 0.15) is 90.0 Å². The number of rotatable bonds is 8. The summed E-state index contributed by atoms with van der Waals surface area (Å²) >= 11 is 1.77. The molecule has 4 rings (SSSR count). The van der Waals surface area contributed by atoms with Gasteiger partial charge in [-0.1, -0.05) is 40.5 Å². The molecule has 31 heavy (non-hydrogen) atoms. The number of anilines is 1. The van der Waals surface area contributed by atoms with Gasteiger partial charge >= 0.3 is 0 Å². The Morgan fingerprint density at radius 2 is 1.81 bits per heavy atom. The molecule has 0 saturated carbocycles. The predicted molar refractivity (Wildman–Crippen MR) is 131 cm³/mol. The van der Waals surface area contributed by atoms with Crippen LogP contribution in [0, 0.1) is 0 Å². The van der Waals surface area contributed by atoms with Gasteiger partial charge in [0.2, 0.25) is 0 Å². The molecule has 0 unspecified atom stereocenters. The van der Waals surface area contributed by atoms with Gasteiger partial charge in [-0.15, -0.1) is 11.3 Å². The Labute approximate surface area is 190 Å². The summed E-state index contributed by atoms with van der Waals surface area (Å²) in [4.78, 5) is 18.3. The number of hydrogen-bond acceptors (Lipinski definition) is 6. The first-order chi connectivity index (χ1) is 14.9. The minimum atomic E-state index is -0.173. The molecule has 0 atom stereocenters. The normalized spacial score (nSPS) is 15.7. The van der Waals surface area contributed by atoms with Gasteiger partial charge < -0.3 is 9.64 Å². The van der Waals surface area contributed by atoms with E-state index in [-0.39, 0.29) is 5.60 Å². The number of ether oxygens (including phenoxy) is 1. The summed E-state index contributed by atoms with van der Waals surface area (Å²) in [7, 11) is 0. The summed E-state index contributed by atoms with van der Waals surface area (Å²) in [5.41, 5.74) is 4.73. The summed E-state index contributed by atoms with van der Waals surface area (Å²) in [6, 6.07) is 0. The third-order valence-electron chi connectivity index (χ3n) is 6.25. The number of fused-ring (bicyclic) bond motifs is 5. The van der Waals surface area contributed by atoms with Crippen molar-refractivity contribution in [3.8, 4) is 0 Å². The average molecular weight is 441 g/mol. The van der Waals surface area contributed by atoms with Gasteiger partial charge in [0.05, 0.1) is 28.1 Å². The first kappa shape index (κ1) is 22.4. The molecule has 1 aliphatic heterocycles. The van der Waals surface area contributed by atoms with Gasteiger partial charge in [0, 0.05) is 30.5 Å². The second kappa shape index (κ2) is 8.99. The average Bonchev–Trinajstić information content (AvgIpc) is 3.11. The zero-order valence-corrected chi connectivity index (χ0v) is 20.7. The Morgan fingerprint density at radius 1 is 1.10 bits per heavy atom. The van der Waals surface area contributed by atoms with E-state index in [4.69, 9.17) is 19.7 Å². The molecule has 0 bridgehead atoms. The van der Waals surface area contributed by atoms with E-state index in [1.807, 2.05) is 0 Å². The van der Waals surface area contributed by atoms with E-state index >= 15 is 0 Å². The molecule has 0 fully saturated rings. The minimum absolute atomic E-state index is 0.173. The largest absolute Gasteiger partial charge is 0.370 e. The summed E-state index contributed by atoms with van der Waals surface area (Å²) < 4.78 is 7.38. The molecule has 5 nitrogen and oxygen atoms in total. The molecular formula is C25H36N4OS. The lowest BCUT2D eigenvalue weighted by molar-refractivity contribution is -0.0402. The van der Waals surface area contributed by atoms with Crippen molar-refractivity contribution in [2.75, 3.05) is 18.0 Å². The fourth-order valence-electron chi connectivity index (χ4n) is 4.54. The Balaban J connectivity index is 1.94. The topological polar surface area (TPSA) is 51.1 Å². The first-order valence-corrected chi connectivity index (χ1v) is 12.7. The first-order valence-electron chi connectivity index (χ1n) is 11.8. The van der Waals surface area contributed by atoms with Crippen molar-refractivity contribution in [3.05, 3.63) is 23.1 Å². The van der Waals surface area contributed by atoms with Gasteiger partial charge in [-0.25, -0.2) is 15.0 Å². The maximum atomic E-state index is 6.19. The van der Waals surface area contributed by atoms with Crippen LogP contribution in [0.15, 0.2) is 6.33 Å². The lowest BCUT2D eigenvalue weighted by Gasteiger charge is -2.33. The fourth-order valence-corrected chi connectivity index (χ4v) is 5.73. The Bertz CT molecular complexity index is 1060. The zero-order chi connectivity index (χ0) is 22.2. The van der Waals surface area contributed by atoms with Gasteiger partial charge in [0.25, 0.3) is 0 Å². The highest BCUT2D eigenvalue weighted by molar-refractivity contribution is 7.26. The van der Waals surface area contributed by atoms with Crippen LogP contribution in [0.5, 0.6) is 0 Å². The number of hydrogen-bond donors (Lipinski definition) is 0. The molecule has 0 radical (unpaired) electrons. The molecule has 6 heteroatoms. The van der Waals surface area contributed by atoms with Gasteiger partial charge in [0.15, 0.2) is 0 Å². The van der Waals surface area contributed by atoms with Gasteiger partial charge in [-0.3, -0.25) is 0 Å². The van der Waals surface area contributed by atoms with Crippen LogP contribution >= 0.6 is 11.3 Å². The molecule has 3 aromatic heterocycles. The number of pyridine rings is 1. The molecule has 0 N–H and O–H groups in total. The zero-order valence-electron chi connectivity index (χ0n) is 19.9. The van der Waals surface area contributed by atoms with Crippen LogP contribution in [-0.2, 0) is 17.8 Å². The monoisotopic (exact) mass is 440 g/mol. The van der Waals surface area contributed by atoms with E-state index in [0.717, 1.165) is 35.7 Å². The van der Waals surface area contributed by atoms with E-state index in [1.165, 1.54) is 52.6 Å². The Kier molecular flexibility index (Phi) is 6.50. The van der Waals surface area contributed by atoms with Crippen LogP contribution in [0.4, 0.5) is 5.82 Å². The van der Waals surface area contributed by atoms with Gasteiger partial charge in [0.1, 0.15) is 17.0 Å². The second-order valence-corrected chi connectivity index (χ2v) is 10.7. The summed E-state index contributed by atoms with van der Waals surface area (Å²) in [5.74, 6) is 1.45. The van der Waals surface area contributed by atoms with E-state index < -0.39 is 0 Å². The Hall–Kier alpha value is -1.79. The number of unbranched alkanes of at least 4 members (excludes halogenated alkanes) is 2. The van der Waals surface area contributed by atoms with Crippen molar-refractivity contribution >= 4 is 37.6 Å². The second-order valence-electron chi connectivity index (χ2n) is 9.69. The fraction of sp³-hybridized carbons (Fsp3) is 0.640. The third-order valence-corrected chi connectivity index (χ3v) is 7.32. The molecular weight excluding hydrogens is 404 g/mol. The number of nitrogens with zero attached hydrogens (tertiary/aromatic N) is 4. The molecule has 0 aliphatic carbocycles. The molecule has 168 valence electrons. The van der Waals surface area contributed by atoms with Crippen molar-refractivity contribution < 1.29 is 4.74 Å².